The lowest BCUT2D eigenvalue weighted by Gasteiger charge is -2.11. The van der Waals surface area contributed by atoms with Gasteiger partial charge < -0.3 is 4.57 Å². The Kier molecular flexibility index (Phi) is 2.10. The normalized spacial score (nSPS) is 15.7. The smallest absolute Gasteiger partial charge is 0.286 e. The van der Waals surface area contributed by atoms with Crippen LogP contribution in [-0.4, -0.2) is 14.5 Å². The maximum absolute atomic E-state index is 7.96. The van der Waals surface area contributed by atoms with E-state index in [0.29, 0.717) is 5.56 Å². The van der Waals surface area contributed by atoms with Gasteiger partial charge in [0.2, 0.25) is 0 Å². The summed E-state index contributed by atoms with van der Waals surface area (Å²) in [4.78, 5) is 9.12. The highest BCUT2D eigenvalue weighted by Gasteiger charge is 2.22. The van der Waals surface area contributed by atoms with Gasteiger partial charge in [0.1, 0.15) is 17.0 Å². The lowest BCUT2D eigenvalue weighted by Crippen LogP contribution is -2.32. The van der Waals surface area contributed by atoms with Crippen molar-refractivity contribution in [1.82, 2.24) is 14.5 Å². The predicted octanol–water partition coefficient (Wildman–Crippen LogP) is 2.87. The molecule has 0 fully saturated rings. The zero-order valence-electron chi connectivity index (χ0n) is 15.9. The zero-order chi connectivity index (χ0) is 17.9. The molecule has 1 aliphatic rings. The van der Waals surface area contributed by atoms with Crippen LogP contribution in [0.4, 0.5) is 0 Å². The second-order valence-corrected chi connectivity index (χ2v) is 5.81. The molecule has 0 unspecified atom stereocenters. The first kappa shape index (κ1) is 10.3. The third kappa shape index (κ3) is 1.73. The van der Waals surface area contributed by atoms with Crippen LogP contribution in [0.3, 0.4) is 0 Å². The number of hydrogen-bond donors (Lipinski definition) is 0. The minimum absolute atomic E-state index is 0.368. The summed E-state index contributed by atoms with van der Waals surface area (Å²) in [5.41, 5.74) is 5.46. The molecule has 3 aromatic rings. The van der Waals surface area contributed by atoms with Crippen molar-refractivity contribution >= 4 is 17.2 Å². The van der Waals surface area contributed by atoms with Crippen molar-refractivity contribution in [2.45, 2.75) is 27.1 Å². The van der Waals surface area contributed by atoms with Crippen molar-refractivity contribution in [3.8, 4) is 11.3 Å². The summed E-state index contributed by atoms with van der Waals surface area (Å²) < 4.78 is 27.8. The van der Waals surface area contributed by atoms with Crippen molar-refractivity contribution in [3.63, 3.8) is 0 Å². The largest absolute Gasteiger partial charge is 0.303 e. The SMILES string of the molecule is [2H]C([2H])([2H])c1cc2c(nc3n2C=CC3)c(-c2cc(C)nc[n+]2C)c1C. The molecule has 0 amide bonds. The lowest BCUT2D eigenvalue weighted by atomic mass is 9.98. The van der Waals surface area contributed by atoms with Crippen molar-refractivity contribution in [1.29, 1.82) is 0 Å². The molecular weight excluding hydrogens is 272 g/mol. The molecule has 0 radical (unpaired) electrons. The fourth-order valence-corrected chi connectivity index (χ4v) is 3.09. The van der Waals surface area contributed by atoms with Gasteiger partial charge in [0, 0.05) is 29.7 Å². The quantitative estimate of drug-likeness (QED) is 0.647. The van der Waals surface area contributed by atoms with E-state index < -0.39 is 6.85 Å². The molecule has 1 aliphatic heterocycles. The van der Waals surface area contributed by atoms with Gasteiger partial charge in [-0.3, -0.25) is 0 Å². The standard InChI is InChI=1S/C18H19N4/c1-11-8-15-18(20-16-6-5-7-22(15)16)17(13(11)3)14-9-12(2)19-10-21(14)4/h5,7-10H,6H2,1-4H3/q+1/i1D3. The Morgan fingerprint density at radius 2 is 2.18 bits per heavy atom. The Morgan fingerprint density at radius 1 is 1.32 bits per heavy atom. The fraction of sp³-hybridized carbons (Fsp3) is 0.278. The number of aromatic nitrogens is 4. The highest BCUT2D eigenvalue weighted by atomic mass is 15.1. The molecule has 1 aromatic carbocycles. The Balaban J connectivity index is 2.17. The first-order valence-electron chi connectivity index (χ1n) is 8.81. The summed E-state index contributed by atoms with van der Waals surface area (Å²) in [7, 11) is 1.92. The molecule has 0 saturated carbocycles. The third-order valence-corrected chi connectivity index (χ3v) is 4.29. The molecule has 0 saturated heterocycles. The molecule has 0 aliphatic carbocycles. The molecule has 0 bridgehead atoms. The zero-order valence-corrected chi connectivity index (χ0v) is 12.9. The van der Waals surface area contributed by atoms with Gasteiger partial charge in [-0.2, -0.15) is 0 Å². The van der Waals surface area contributed by atoms with Gasteiger partial charge >= 0.3 is 0 Å². The number of nitrogens with zero attached hydrogens (tertiary/aromatic N) is 4. The Hall–Kier alpha value is -2.49. The van der Waals surface area contributed by atoms with Crippen LogP contribution in [0.15, 0.2) is 24.5 Å². The summed E-state index contributed by atoms with van der Waals surface area (Å²) >= 11 is 0. The van der Waals surface area contributed by atoms with Gasteiger partial charge in [-0.1, -0.05) is 11.1 Å². The molecule has 4 nitrogen and oxygen atoms in total. The first-order chi connectivity index (χ1) is 11.8. The number of imidazole rings is 1. The summed E-state index contributed by atoms with van der Waals surface area (Å²) in [6.45, 7) is 1.62. The van der Waals surface area contributed by atoms with E-state index in [9.17, 15) is 0 Å². The molecule has 110 valence electrons. The van der Waals surface area contributed by atoms with Gasteiger partial charge in [-0.15, -0.1) is 0 Å². The van der Waals surface area contributed by atoms with Gasteiger partial charge in [0.25, 0.3) is 6.33 Å². The van der Waals surface area contributed by atoms with E-state index >= 15 is 0 Å². The minimum atomic E-state index is -2.18. The molecule has 3 heterocycles. The van der Waals surface area contributed by atoms with Crippen molar-refractivity contribution in [3.05, 3.63) is 47.2 Å². The summed E-state index contributed by atoms with van der Waals surface area (Å²) in [5.74, 6) is 0.937. The van der Waals surface area contributed by atoms with Gasteiger partial charge in [-0.05, 0) is 31.0 Å². The maximum Gasteiger partial charge on any atom is 0.286 e. The van der Waals surface area contributed by atoms with Crippen LogP contribution >= 0.6 is 0 Å². The molecule has 2 aromatic heterocycles. The van der Waals surface area contributed by atoms with Gasteiger partial charge in [0.15, 0.2) is 5.69 Å². The topological polar surface area (TPSA) is 34.6 Å². The van der Waals surface area contributed by atoms with Gasteiger partial charge in [-0.25, -0.2) is 9.55 Å². The Morgan fingerprint density at radius 3 is 3.00 bits per heavy atom. The minimum Gasteiger partial charge on any atom is -0.303 e. The van der Waals surface area contributed by atoms with Crippen LogP contribution in [0.2, 0.25) is 0 Å². The highest BCUT2D eigenvalue weighted by Crippen LogP contribution is 2.34. The lowest BCUT2D eigenvalue weighted by molar-refractivity contribution is -0.663. The van der Waals surface area contributed by atoms with Crippen LogP contribution in [0, 0.1) is 20.7 Å². The fourth-order valence-electron chi connectivity index (χ4n) is 3.09. The monoisotopic (exact) mass is 294 g/mol. The van der Waals surface area contributed by atoms with Crippen molar-refractivity contribution in [2.24, 2.45) is 7.05 Å². The Bertz CT molecular complexity index is 1040. The number of fused-ring (bicyclic) bond motifs is 3. The van der Waals surface area contributed by atoms with Crippen molar-refractivity contribution in [2.75, 3.05) is 0 Å². The molecule has 0 atom stereocenters. The Labute approximate surface area is 134 Å². The number of aryl methyl sites for hydroxylation is 3. The van der Waals surface area contributed by atoms with Crippen LogP contribution in [0.5, 0.6) is 0 Å². The van der Waals surface area contributed by atoms with Crippen LogP contribution in [0.1, 0.15) is 26.8 Å². The molecule has 4 heteroatoms. The van der Waals surface area contributed by atoms with E-state index in [1.165, 1.54) is 0 Å². The molecule has 22 heavy (non-hydrogen) atoms. The highest BCUT2D eigenvalue weighted by molar-refractivity contribution is 5.95. The second-order valence-electron chi connectivity index (χ2n) is 5.81. The maximum atomic E-state index is 7.96. The number of allylic oxidation sites excluding steroid dienone is 1. The van der Waals surface area contributed by atoms with Crippen LogP contribution < -0.4 is 4.57 Å². The molecule has 0 N–H and O–H groups in total. The van der Waals surface area contributed by atoms with E-state index in [1.807, 2.05) is 48.4 Å². The van der Waals surface area contributed by atoms with Crippen LogP contribution in [0.25, 0.3) is 28.5 Å². The van der Waals surface area contributed by atoms with Gasteiger partial charge in [0.05, 0.1) is 18.1 Å². The van der Waals surface area contributed by atoms with Crippen LogP contribution in [-0.2, 0) is 13.5 Å². The average Bonchev–Trinajstić information content (AvgIpc) is 3.09. The summed E-state index contributed by atoms with van der Waals surface area (Å²) in [6, 6.07) is 3.74. The number of hydrogen-bond acceptors (Lipinski definition) is 2. The van der Waals surface area contributed by atoms with E-state index in [0.717, 1.165) is 45.8 Å². The summed E-state index contributed by atoms with van der Waals surface area (Å²) in [5, 5.41) is 0. The third-order valence-electron chi connectivity index (χ3n) is 4.29. The van der Waals surface area contributed by atoms with Crippen molar-refractivity contribution < 1.29 is 8.68 Å². The van der Waals surface area contributed by atoms with E-state index in [1.54, 1.807) is 12.4 Å². The number of benzene rings is 1. The number of rotatable bonds is 1. The average molecular weight is 294 g/mol. The summed E-state index contributed by atoms with van der Waals surface area (Å²) in [6.07, 6.45) is 6.51. The van der Waals surface area contributed by atoms with E-state index in [4.69, 9.17) is 9.10 Å². The molecule has 0 spiro atoms. The van der Waals surface area contributed by atoms with E-state index in [-0.39, 0.29) is 0 Å². The first-order valence-corrected chi connectivity index (χ1v) is 7.31. The van der Waals surface area contributed by atoms with E-state index in [2.05, 4.69) is 4.98 Å². The second kappa shape index (κ2) is 4.50. The molecule has 4 rings (SSSR count). The predicted molar refractivity (Wildman–Crippen MR) is 87.4 cm³/mol. The molecular formula is C18H19N4+.